The molecule has 1 N–H and O–H groups in total. The topological polar surface area (TPSA) is 66.5 Å². The quantitative estimate of drug-likeness (QED) is 0.872. The monoisotopic (exact) mass is 384 g/mol. The Morgan fingerprint density at radius 2 is 1.83 bits per heavy atom. The minimum Gasteiger partial charge on any atom is -0.321 e. The number of thiophene rings is 1. The maximum absolute atomic E-state index is 12.7. The summed E-state index contributed by atoms with van der Waals surface area (Å²) in [6.07, 6.45) is 1.76. The minimum absolute atomic E-state index is 0.232. The number of sulfonamides is 1. The van der Waals surface area contributed by atoms with E-state index in [1.165, 1.54) is 21.7 Å². The average molecular weight is 385 g/mol. The highest BCUT2D eigenvalue weighted by atomic mass is 35.5. The van der Waals surface area contributed by atoms with Crippen LogP contribution in [0.1, 0.15) is 27.4 Å². The van der Waals surface area contributed by atoms with E-state index in [9.17, 15) is 13.2 Å². The molecule has 128 valence electrons. The zero-order valence-electron chi connectivity index (χ0n) is 13.1. The van der Waals surface area contributed by atoms with E-state index < -0.39 is 10.0 Å². The van der Waals surface area contributed by atoms with Crippen LogP contribution in [0, 0.1) is 6.92 Å². The third-order valence-electron chi connectivity index (χ3n) is 3.88. The van der Waals surface area contributed by atoms with Crippen molar-refractivity contribution in [3.63, 3.8) is 0 Å². The predicted molar refractivity (Wildman–Crippen MR) is 96.5 cm³/mol. The fraction of sp³-hybridized carbons (Fsp3) is 0.312. The largest absolute Gasteiger partial charge is 0.321 e. The molecule has 2 heterocycles. The molecule has 8 heteroatoms. The Hall–Kier alpha value is -1.41. The van der Waals surface area contributed by atoms with Crippen LogP contribution in [0.25, 0.3) is 0 Å². The first-order valence-corrected chi connectivity index (χ1v) is 10.2. The molecule has 0 atom stereocenters. The first-order chi connectivity index (χ1) is 11.4. The van der Waals surface area contributed by atoms with Gasteiger partial charge in [0.2, 0.25) is 10.0 Å². The van der Waals surface area contributed by atoms with Crippen LogP contribution in [0.5, 0.6) is 0 Å². The van der Waals surface area contributed by atoms with Crippen LogP contribution in [-0.4, -0.2) is 31.7 Å². The van der Waals surface area contributed by atoms with Gasteiger partial charge >= 0.3 is 0 Å². The molecule has 2 aromatic rings. The van der Waals surface area contributed by atoms with Gasteiger partial charge in [0.05, 0.1) is 9.77 Å². The summed E-state index contributed by atoms with van der Waals surface area (Å²) in [4.78, 5) is 13.6. The van der Waals surface area contributed by atoms with E-state index in [2.05, 4.69) is 5.32 Å². The van der Waals surface area contributed by atoms with E-state index in [0.717, 1.165) is 12.8 Å². The van der Waals surface area contributed by atoms with Gasteiger partial charge in [-0.15, -0.1) is 11.3 Å². The molecule has 1 fully saturated rings. The van der Waals surface area contributed by atoms with Gasteiger partial charge in [-0.25, -0.2) is 8.42 Å². The number of hydrogen-bond donors (Lipinski definition) is 1. The van der Waals surface area contributed by atoms with Gasteiger partial charge in [-0.1, -0.05) is 11.6 Å². The highest BCUT2D eigenvalue weighted by molar-refractivity contribution is 7.89. The fourth-order valence-electron chi connectivity index (χ4n) is 2.63. The Kier molecular flexibility index (Phi) is 4.96. The van der Waals surface area contributed by atoms with Crippen molar-refractivity contribution in [3.8, 4) is 0 Å². The van der Waals surface area contributed by atoms with Crippen LogP contribution in [0.2, 0.25) is 5.02 Å². The number of amides is 1. The third-order valence-corrected chi connectivity index (χ3v) is 7.34. The van der Waals surface area contributed by atoms with Crippen LogP contribution in [0.4, 0.5) is 5.69 Å². The van der Waals surface area contributed by atoms with E-state index in [1.807, 2.05) is 0 Å². The average Bonchev–Trinajstić information content (AvgIpc) is 3.19. The van der Waals surface area contributed by atoms with Crippen LogP contribution in [-0.2, 0) is 10.0 Å². The van der Waals surface area contributed by atoms with Crippen LogP contribution < -0.4 is 5.32 Å². The van der Waals surface area contributed by atoms with Crippen molar-refractivity contribution >= 4 is 44.6 Å². The zero-order chi connectivity index (χ0) is 17.3. The van der Waals surface area contributed by atoms with Gasteiger partial charge in [-0.05, 0) is 50.1 Å². The molecule has 0 radical (unpaired) electrons. The number of halogens is 1. The summed E-state index contributed by atoms with van der Waals surface area (Å²) in [5.74, 6) is -0.326. The number of nitrogens with one attached hydrogen (secondary N) is 1. The molecule has 0 unspecified atom stereocenters. The maximum Gasteiger partial charge on any atom is 0.265 e. The Morgan fingerprint density at radius 3 is 2.46 bits per heavy atom. The molecule has 1 saturated heterocycles. The van der Waals surface area contributed by atoms with Gasteiger partial charge in [0.15, 0.2) is 0 Å². The molecule has 3 rings (SSSR count). The number of aryl methyl sites for hydroxylation is 1. The second-order valence-electron chi connectivity index (χ2n) is 5.60. The van der Waals surface area contributed by atoms with E-state index in [-0.39, 0.29) is 10.8 Å². The fourth-order valence-corrected chi connectivity index (χ4v) is 5.73. The van der Waals surface area contributed by atoms with Crippen molar-refractivity contribution in [2.45, 2.75) is 24.7 Å². The molecule has 0 spiro atoms. The molecule has 5 nitrogen and oxygen atoms in total. The first-order valence-electron chi connectivity index (χ1n) is 7.55. The molecule has 0 bridgehead atoms. The second kappa shape index (κ2) is 6.84. The molecule has 1 aromatic heterocycles. The summed E-state index contributed by atoms with van der Waals surface area (Å²) >= 11 is 7.01. The smallest absolute Gasteiger partial charge is 0.265 e. The molecular weight excluding hydrogens is 368 g/mol. The lowest BCUT2D eigenvalue weighted by Gasteiger charge is -2.14. The predicted octanol–water partition coefficient (Wildman–Crippen LogP) is 3.75. The van der Waals surface area contributed by atoms with Gasteiger partial charge in [-0.3, -0.25) is 4.79 Å². The first kappa shape index (κ1) is 17.4. The van der Waals surface area contributed by atoms with Crippen LogP contribution in [0.15, 0.2) is 35.2 Å². The molecular formula is C16H17ClN2O3S2. The van der Waals surface area contributed by atoms with Gasteiger partial charge in [0.1, 0.15) is 0 Å². The summed E-state index contributed by atoms with van der Waals surface area (Å²) in [6, 6.07) is 8.23. The lowest BCUT2D eigenvalue weighted by atomic mass is 10.3. The lowest BCUT2D eigenvalue weighted by Crippen LogP contribution is -2.28. The Bertz CT molecular complexity index is 854. The van der Waals surface area contributed by atoms with E-state index in [1.54, 1.807) is 31.2 Å². The number of nitrogens with zero attached hydrogens (tertiary/aromatic N) is 1. The highest BCUT2D eigenvalue weighted by Crippen LogP contribution is 2.30. The number of rotatable bonds is 4. The van der Waals surface area contributed by atoms with Crippen LogP contribution >= 0.6 is 22.9 Å². The van der Waals surface area contributed by atoms with Crippen molar-refractivity contribution in [2.24, 2.45) is 0 Å². The molecule has 1 aromatic carbocycles. The second-order valence-corrected chi connectivity index (χ2v) is 9.20. The Labute approximate surface area is 150 Å². The molecule has 0 aliphatic carbocycles. The third kappa shape index (κ3) is 3.49. The number of carbonyl (C=O) groups is 1. The molecule has 1 aliphatic heterocycles. The SMILES string of the molecule is Cc1sc(C(=O)Nc2ccc(Cl)cc2)cc1S(=O)(=O)N1CCCC1. The lowest BCUT2D eigenvalue weighted by molar-refractivity contribution is 0.103. The molecule has 1 aliphatic rings. The summed E-state index contributed by atoms with van der Waals surface area (Å²) in [6.45, 7) is 2.82. The Morgan fingerprint density at radius 1 is 1.21 bits per heavy atom. The molecule has 1 amide bonds. The number of carbonyl (C=O) groups excluding carboxylic acids is 1. The van der Waals surface area contributed by atoms with E-state index in [4.69, 9.17) is 11.6 Å². The number of hydrogen-bond acceptors (Lipinski definition) is 4. The van der Waals surface area contributed by atoms with Gasteiger partial charge in [-0.2, -0.15) is 4.31 Å². The highest BCUT2D eigenvalue weighted by Gasteiger charge is 2.30. The Balaban J connectivity index is 1.83. The number of benzene rings is 1. The number of anilines is 1. The maximum atomic E-state index is 12.7. The van der Waals surface area contributed by atoms with Crippen molar-refractivity contribution in [2.75, 3.05) is 18.4 Å². The van der Waals surface area contributed by atoms with Crippen molar-refractivity contribution in [1.82, 2.24) is 4.31 Å². The van der Waals surface area contributed by atoms with Gasteiger partial charge in [0, 0.05) is 28.7 Å². The standard InChI is InChI=1S/C16H17ClN2O3S2/c1-11-15(24(21,22)19-8-2-3-9-19)10-14(23-11)16(20)18-13-6-4-12(17)5-7-13/h4-7,10H,2-3,8-9H2,1H3,(H,18,20). The molecule has 0 saturated carbocycles. The van der Waals surface area contributed by atoms with Crippen molar-refractivity contribution < 1.29 is 13.2 Å². The summed E-state index contributed by atoms with van der Waals surface area (Å²) in [5, 5.41) is 3.33. The summed E-state index contributed by atoms with van der Waals surface area (Å²) in [5.41, 5.74) is 0.611. The minimum atomic E-state index is -3.51. The normalized spacial score (nSPS) is 15.6. The van der Waals surface area contributed by atoms with E-state index >= 15 is 0 Å². The van der Waals surface area contributed by atoms with Crippen molar-refractivity contribution in [3.05, 3.63) is 45.1 Å². The van der Waals surface area contributed by atoms with E-state index in [0.29, 0.717) is 33.6 Å². The summed E-state index contributed by atoms with van der Waals surface area (Å²) in [7, 11) is -3.51. The molecule has 24 heavy (non-hydrogen) atoms. The van der Waals surface area contributed by atoms with Crippen molar-refractivity contribution in [1.29, 1.82) is 0 Å². The summed E-state index contributed by atoms with van der Waals surface area (Å²) < 4.78 is 26.8. The van der Waals surface area contributed by atoms with Crippen LogP contribution in [0.3, 0.4) is 0 Å². The zero-order valence-corrected chi connectivity index (χ0v) is 15.5. The van der Waals surface area contributed by atoms with Gasteiger partial charge in [0.25, 0.3) is 5.91 Å². The van der Waals surface area contributed by atoms with Gasteiger partial charge < -0.3 is 5.32 Å².